The summed E-state index contributed by atoms with van der Waals surface area (Å²) in [6.45, 7) is 7.03. The topological polar surface area (TPSA) is 68.3 Å². The Labute approximate surface area is 166 Å². The fraction of sp³-hybridized carbons (Fsp3) is 0.318. The van der Waals surface area contributed by atoms with Crippen LogP contribution in [0.5, 0.6) is 0 Å². The average molecular weight is 398 g/mol. The second-order valence-corrected chi connectivity index (χ2v) is 10.7. The molecule has 4 nitrogen and oxygen atoms in total. The molecule has 0 spiro atoms. The van der Waals surface area contributed by atoms with Crippen molar-refractivity contribution in [1.29, 1.82) is 0 Å². The minimum Gasteiger partial charge on any atom is -0.386 e. The largest absolute Gasteiger partial charge is 0.386 e. The van der Waals surface area contributed by atoms with Gasteiger partial charge in [-0.3, -0.25) is 14.2 Å². The zero-order chi connectivity index (χ0) is 20.7. The van der Waals surface area contributed by atoms with Gasteiger partial charge in [0.2, 0.25) is 0 Å². The van der Waals surface area contributed by atoms with E-state index < -0.39 is 25.6 Å². The Hall–Kier alpha value is -2.65. The molecule has 1 aromatic carbocycles. The molecule has 28 heavy (non-hydrogen) atoms. The maximum atomic E-state index is 14.8. The predicted molar refractivity (Wildman–Crippen MR) is 115 cm³/mol. The molecule has 1 aromatic heterocycles. The second kappa shape index (κ2) is 6.75. The van der Waals surface area contributed by atoms with Gasteiger partial charge in [-0.25, -0.2) is 4.39 Å². The van der Waals surface area contributed by atoms with Gasteiger partial charge in [-0.05, 0) is 66.8 Å². The number of nitrogens with two attached hydrogens (primary N) is 1. The van der Waals surface area contributed by atoms with Crippen molar-refractivity contribution in [2.45, 2.75) is 38.0 Å². The van der Waals surface area contributed by atoms with Gasteiger partial charge in [-0.2, -0.15) is 0 Å². The molecule has 1 aliphatic rings. The monoisotopic (exact) mass is 397 g/mol. The van der Waals surface area contributed by atoms with E-state index in [1.807, 2.05) is 6.07 Å². The molecule has 146 valence electrons. The van der Waals surface area contributed by atoms with Crippen LogP contribution in [0.15, 0.2) is 41.7 Å². The summed E-state index contributed by atoms with van der Waals surface area (Å²) < 4.78 is 27.2. The summed E-state index contributed by atoms with van der Waals surface area (Å²) in [5.41, 5.74) is 7.78. The van der Waals surface area contributed by atoms with E-state index in [1.165, 1.54) is 6.07 Å². The number of hydrogen-bond acceptors (Lipinski definition) is 4. The Morgan fingerprint density at radius 2 is 1.93 bits per heavy atom. The van der Waals surface area contributed by atoms with Gasteiger partial charge in [-0.1, -0.05) is 12.0 Å². The van der Waals surface area contributed by atoms with Crippen LogP contribution >= 0.6 is 0 Å². The Morgan fingerprint density at radius 3 is 2.57 bits per heavy atom. The minimum atomic E-state index is -2.63. The molecule has 0 radical (unpaired) electrons. The van der Waals surface area contributed by atoms with Crippen LogP contribution in [0.25, 0.3) is 11.1 Å². The number of hydrogen-bond donors (Lipinski definition) is 1. The highest BCUT2D eigenvalue weighted by Crippen LogP contribution is 2.39. The zero-order valence-electron chi connectivity index (χ0n) is 16.5. The number of amidine groups is 1. The van der Waals surface area contributed by atoms with E-state index in [0.717, 1.165) is 16.7 Å². The lowest BCUT2D eigenvalue weighted by atomic mass is 9.90. The lowest BCUT2D eigenvalue weighted by Gasteiger charge is -2.41. The van der Waals surface area contributed by atoms with Crippen LogP contribution < -0.4 is 5.73 Å². The van der Waals surface area contributed by atoms with E-state index in [0.29, 0.717) is 5.56 Å². The highest BCUT2D eigenvalue weighted by molar-refractivity contribution is 8.02. The Morgan fingerprint density at radius 1 is 1.21 bits per heavy atom. The highest BCUT2D eigenvalue weighted by Gasteiger charge is 2.45. The first-order valence-corrected chi connectivity index (χ1v) is 10.8. The number of halogens is 1. The summed E-state index contributed by atoms with van der Waals surface area (Å²) in [6.07, 6.45) is 3.38. The summed E-state index contributed by atoms with van der Waals surface area (Å²) in [7, 11) is -2.63. The molecule has 3 rings (SSSR count). The van der Waals surface area contributed by atoms with Crippen LogP contribution in [0, 0.1) is 17.7 Å². The van der Waals surface area contributed by atoms with Crippen molar-refractivity contribution in [3.63, 3.8) is 0 Å². The highest BCUT2D eigenvalue weighted by atomic mass is 32.2. The molecule has 0 saturated carbocycles. The number of aromatic nitrogens is 1. The van der Waals surface area contributed by atoms with Gasteiger partial charge in [0.05, 0.1) is 10.3 Å². The van der Waals surface area contributed by atoms with Crippen molar-refractivity contribution >= 4 is 21.2 Å². The van der Waals surface area contributed by atoms with Crippen molar-refractivity contribution in [2.24, 2.45) is 10.7 Å². The maximum absolute atomic E-state index is 14.8. The molecule has 2 atom stereocenters. The van der Waals surface area contributed by atoms with Crippen LogP contribution in [-0.2, 0) is 15.1 Å². The van der Waals surface area contributed by atoms with Gasteiger partial charge in [0, 0.05) is 34.8 Å². The molecular weight excluding hydrogens is 373 g/mol. The summed E-state index contributed by atoms with van der Waals surface area (Å²) >= 11 is 0. The smallest absolute Gasteiger partial charge is 0.128 e. The molecule has 1 unspecified atom stereocenters. The minimum absolute atomic E-state index is 0.119. The summed E-state index contributed by atoms with van der Waals surface area (Å²) in [5.74, 6) is 9.65. The number of nitrogens with zero attached hydrogens (tertiary/aromatic N) is 2. The molecule has 6 heteroatoms. The van der Waals surface area contributed by atoms with Gasteiger partial charge in [-0.15, -0.1) is 5.92 Å². The first-order chi connectivity index (χ1) is 13.0. The fourth-order valence-electron chi connectivity index (χ4n) is 3.32. The van der Waals surface area contributed by atoms with Crippen LogP contribution in [0.4, 0.5) is 4.39 Å². The zero-order valence-corrected chi connectivity index (χ0v) is 17.4. The van der Waals surface area contributed by atoms with Crippen LogP contribution in [0.2, 0.25) is 0 Å². The molecular formula is C22H24FN3OS. The summed E-state index contributed by atoms with van der Waals surface area (Å²) in [5, 5.41) is 0. The van der Waals surface area contributed by atoms with Crippen molar-refractivity contribution in [1.82, 2.24) is 4.98 Å². The number of pyridine rings is 1. The molecule has 2 N–H and O–H groups in total. The lowest BCUT2D eigenvalue weighted by Crippen LogP contribution is -2.54. The summed E-state index contributed by atoms with van der Waals surface area (Å²) in [6, 6.07) is 6.70. The Bertz CT molecular complexity index is 1140. The maximum Gasteiger partial charge on any atom is 0.128 e. The second-order valence-electron chi connectivity index (χ2n) is 7.77. The normalized spacial score (nSPS) is 26.1. The quantitative estimate of drug-likeness (QED) is 0.624. The molecule has 2 heterocycles. The molecule has 0 fully saturated rings. The first-order valence-electron chi connectivity index (χ1n) is 8.89. The van der Waals surface area contributed by atoms with Crippen molar-refractivity contribution < 1.29 is 8.60 Å². The molecule has 1 aliphatic heterocycles. The molecule has 0 saturated heterocycles. The van der Waals surface area contributed by atoms with E-state index >= 15 is 0 Å². The van der Waals surface area contributed by atoms with Crippen molar-refractivity contribution in [3.8, 4) is 23.0 Å². The Balaban J connectivity index is 2.16. The van der Waals surface area contributed by atoms with E-state index in [9.17, 15) is 8.60 Å². The van der Waals surface area contributed by atoms with Crippen molar-refractivity contribution in [3.05, 3.63) is 53.6 Å². The van der Waals surface area contributed by atoms with Crippen LogP contribution in [0.3, 0.4) is 0 Å². The summed E-state index contributed by atoms with van der Waals surface area (Å²) in [4.78, 5) is 8.79. The number of aliphatic imine (C=N–C) groups is 1. The van der Waals surface area contributed by atoms with E-state index in [1.54, 1.807) is 52.2 Å². The predicted octanol–water partition coefficient (Wildman–Crippen LogP) is 3.34. The van der Waals surface area contributed by atoms with E-state index in [-0.39, 0.29) is 11.6 Å². The van der Waals surface area contributed by atoms with Gasteiger partial charge < -0.3 is 5.73 Å². The van der Waals surface area contributed by atoms with Gasteiger partial charge in [0.25, 0.3) is 0 Å². The van der Waals surface area contributed by atoms with Gasteiger partial charge >= 0.3 is 0 Å². The lowest BCUT2D eigenvalue weighted by molar-refractivity contribution is 0.493. The molecule has 0 amide bonds. The molecule has 2 aromatic rings. The third-order valence-corrected chi connectivity index (χ3v) is 8.41. The molecule has 0 bridgehead atoms. The number of benzene rings is 1. The van der Waals surface area contributed by atoms with Crippen LogP contribution in [-0.4, -0.2) is 31.4 Å². The average Bonchev–Trinajstić information content (AvgIpc) is 2.60. The standard InChI is InChI=1S/C22H24FN3OS/c1-6-7-15-10-17(13-25-12-15)16-8-9-19(23)18(11-16)22(4)14-28(5,27)21(2,3)20(24)26-22/h8-13H,5,14H2,1-4H3,(H2,24,26)/t22-,28?/m0/s1. The SMILES string of the molecule is C=S1(=O)C[C@@](C)(c2cc(-c3cncc(C#CC)c3)ccc2F)N=C(N)C1(C)C. The van der Waals surface area contributed by atoms with Crippen LogP contribution in [0.1, 0.15) is 38.8 Å². The van der Waals surface area contributed by atoms with Crippen molar-refractivity contribution in [2.75, 3.05) is 5.75 Å². The first kappa shape index (κ1) is 20.1. The molecule has 0 aliphatic carbocycles. The third kappa shape index (κ3) is 3.31. The third-order valence-electron chi connectivity index (χ3n) is 5.32. The van der Waals surface area contributed by atoms with E-state index in [4.69, 9.17) is 5.73 Å². The number of rotatable bonds is 2. The van der Waals surface area contributed by atoms with E-state index in [2.05, 4.69) is 27.7 Å². The fourth-order valence-corrected chi connectivity index (χ4v) is 5.24. The van der Waals surface area contributed by atoms with Gasteiger partial charge in [0.15, 0.2) is 0 Å². The Kier molecular flexibility index (Phi) is 4.84. The van der Waals surface area contributed by atoms with Gasteiger partial charge in [0.1, 0.15) is 11.7 Å².